The summed E-state index contributed by atoms with van der Waals surface area (Å²) in [6.07, 6.45) is 0.00844. The number of hydrogen-bond donors (Lipinski definition) is 0. The minimum absolute atomic E-state index is 0.0645. The highest BCUT2D eigenvalue weighted by Crippen LogP contribution is 2.32. The van der Waals surface area contributed by atoms with Crippen molar-refractivity contribution in [1.82, 2.24) is 0 Å². The van der Waals surface area contributed by atoms with Crippen molar-refractivity contribution < 1.29 is 18.4 Å². The second-order valence-corrected chi connectivity index (χ2v) is 16.5. The van der Waals surface area contributed by atoms with Crippen molar-refractivity contribution in [2.45, 2.75) is 77.9 Å². The second kappa shape index (κ2) is 6.29. The molecule has 0 aromatic heterocycles. The first kappa shape index (κ1) is 17.9. The first-order valence-electron chi connectivity index (χ1n) is 7.50. The Balaban J connectivity index is 3.00. The summed E-state index contributed by atoms with van der Waals surface area (Å²) < 4.78 is 17.9. The van der Waals surface area contributed by atoms with Crippen molar-refractivity contribution >= 4 is 22.6 Å². The molecule has 0 aromatic rings. The average Bonchev–Trinajstić information content (AvgIpc) is 2.25. The second-order valence-electron chi connectivity index (χ2n) is 7.59. The first-order chi connectivity index (χ1) is 8.94. The normalized spacial score (nSPS) is 32.1. The van der Waals surface area contributed by atoms with E-state index < -0.39 is 22.7 Å². The lowest BCUT2D eigenvalue weighted by Crippen LogP contribution is -2.58. The molecule has 2 unspecified atom stereocenters. The molecule has 4 nitrogen and oxygen atoms in total. The molecule has 118 valence electrons. The molecule has 1 fully saturated rings. The predicted octanol–water partition coefficient (Wildman–Crippen LogP) is 3.40. The fourth-order valence-corrected chi connectivity index (χ4v) is 4.62. The molecule has 1 aliphatic heterocycles. The quantitative estimate of drug-likeness (QED) is 0.576. The van der Waals surface area contributed by atoms with Gasteiger partial charge in [0.15, 0.2) is 22.7 Å². The van der Waals surface area contributed by atoms with E-state index in [9.17, 15) is 4.79 Å². The Bertz CT molecular complexity index is 346. The van der Waals surface area contributed by atoms with Crippen LogP contribution in [0.25, 0.3) is 0 Å². The van der Waals surface area contributed by atoms with Gasteiger partial charge in [0.2, 0.25) is 0 Å². The van der Waals surface area contributed by atoms with Crippen molar-refractivity contribution in [3.63, 3.8) is 0 Å². The number of ether oxygens (including phenoxy) is 1. The Labute approximate surface area is 125 Å². The molecule has 1 heterocycles. The van der Waals surface area contributed by atoms with Gasteiger partial charge in [-0.2, -0.15) is 0 Å². The van der Waals surface area contributed by atoms with Crippen LogP contribution in [0, 0.1) is 5.92 Å². The molecule has 0 aromatic carbocycles. The molecule has 0 bridgehead atoms. The van der Waals surface area contributed by atoms with Crippen LogP contribution in [-0.4, -0.2) is 40.9 Å². The van der Waals surface area contributed by atoms with Crippen molar-refractivity contribution in [2.75, 3.05) is 0 Å². The van der Waals surface area contributed by atoms with Gasteiger partial charge in [0, 0.05) is 5.92 Å². The number of rotatable bonds is 5. The summed E-state index contributed by atoms with van der Waals surface area (Å²) in [5.74, 6) is -0.0774. The molecule has 0 aliphatic carbocycles. The highest BCUT2D eigenvalue weighted by atomic mass is 28.4. The van der Waals surface area contributed by atoms with Gasteiger partial charge in [0.05, 0.1) is 6.10 Å². The molecule has 0 radical (unpaired) electrons. The maximum absolute atomic E-state index is 12.3. The molecular formula is C14H30O4Si2. The summed E-state index contributed by atoms with van der Waals surface area (Å²) in [7, 11) is -3.58. The topological polar surface area (TPSA) is 44.8 Å². The van der Waals surface area contributed by atoms with Gasteiger partial charge in [-0.25, -0.2) is 4.79 Å². The van der Waals surface area contributed by atoms with E-state index in [1.165, 1.54) is 0 Å². The van der Waals surface area contributed by atoms with E-state index in [4.69, 9.17) is 13.6 Å². The summed E-state index contributed by atoms with van der Waals surface area (Å²) in [5, 5.41) is 0. The van der Waals surface area contributed by atoms with Gasteiger partial charge in [0.1, 0.15) is 6.10 Å². The minimum atomic E-state index is -1.83. The predicted molar refractivity (Wildman–Crippen MR) is 85.8 cm³/mol. The monoisotopic (exact) mass is 318 g/mol. The van der Waals surface area contributed by atoms with Crippen molar-refractivity contribution in [1.29, 1.82) is 0 Å². The smallest absolute Gasteiger partial charge is 0.337 e. The lowest BCUT2D eigenvalue weighted by molar-refractivity contribution is -0.185. The Hall–Kier alpha value is -0.176. The Morgan fingerprint density at radius 2 is 1.55 bits per heavy atom. The Morgan fingerprint density at radius 1 is 1.05 bits per heavy atom. The zero-order valence-corrected chi connectivity index (χ0v) is 16.1. The highest BCUT2D eigenvalue weighted by molar-refractivity contribution is 6.70. The Kier molecular flexibility index (Phi) is 5.63. The van der Waals surface area contributed by atoms with Crippen molar-refractivity contribution in [2.24, 2.45) is 5.92 Å². The maximum atomic E-state index is 12.3. The molecule has 1 rings (SSSR count). The molecule has 0 saturated carbocycles. The van der Waals surface area contributed by atoms with Gasteiger partial charge >= 0.3 is 5.97 Å². The van der Waals surface area contributed by atoms with Crippen LogP contribution in [-0.2, 0) is 18.4 Å². The summed E-state index contributed by atoms with van der Waals surface area (Å²) in [6.45, 7) is 16.8. The number of hydrogen-bond acceptors (Lipinski definition) is 4. The highest BCUT2D eigenvalue weighted by Gasteiger charge is 2.47. The number of carbonyl (C=O) groups is 1. The zero-order valence-electron chi connectivity index (χ0n) is 14.1. The molecule has 0 spiro atoms. The fourth-order valence-electron chi connectivity index (χ4n) is 2.47. The van der Waals surface area contributed by atoms with E-state index in [1.807, 2.05) is 6.92 Å². The standard InChI is InChI=1S/C14H30O4Si2/c1-9-11-10(2)12(17-19(3,4)5)13(14(15)16-11)18-20(6,7)8/h10-13H,9H2,1-8H3/t10-,11-,12?,13?/m1/s1. The van der Waals surface area contributed by atoms with Crippen LogP contribution in [0.4, 0.5) is 0 Å². The van der Waals surface area contributed by atoms with Crippen LogP contribution in [0.5, 0.6) is 0 Å². The molecule has 0 N–H and O–H groups in total. The van der Waals surface area contributed by atoms with E-state index in [0.717, 1.165) is 6.42 Å². The van der Waals surface area contributed by atoms with Crippen molar-refractivity contribution in [3.8, 4) is 0 Å². The third-order valence-corrected chi connectivity index (χ3v) is 5.22. The zero-order chi connectivity index (χ0) is 15.7. The number of carbonyl (C=O) groups excluding carboxylic acids is 1. The summed E-state index contributed by atoms with van der Waals surface area (Å²) in [5.41, 5.74) is 0. The van der Waals surface area contributed by atoms with Crippen molar-refractivity contribution in [3.05, 3.63) is 0 Å². The molecule has 0 amide bonds. The van der Waals surface area contributed by atoms with Gasteiger partial charge in [0.25, 0.3) is 0 Å². The molecular weight excluding hydrogens is 288 g/mol. The largest absolute Gasteiger partial charge is 0.460 e. The van der Waals surface area contributed by atoms with Crippen LogP contribution in [0.2, 0.25) is 39.3 Å². The third-order valence-electron chi connectivity index (χ3n) is 3.28. The molecule has 1 saturated heterocycles. The lowest BCUT2D eigenvalue weighted by Gasteiger charge is -2.44. The number of esters is 1. The number of cyclic esters (lactones) is 1. The lowest BCUT2D eigenvalue weighted by atomic mass is 9.90. The molecule has 4 atom stereocenters. The van der Waals surface area contributed by atoms with Gasteiger partial charge in [-0.1, -0.05) is 13.8 Å². The van der Waals surface area contributed by atoms with Gasteiger partial charge in [-0.3, -0.25) is 0 Å². The van der Waals surface area contributed by atoms with E-state index >= 15 is 0 Å². The summed E-state index contributed by atoms with van der Waals surface area (Å²) >= 11 is 0. The maximum Gasteiger partial charge on any atom is 0.337 e. The van der Waals surface area contributed by atoms with Crippen LogP contribution >= 0.6 is 0 Å². The molecule has 1 aliphatic rings. The fraction of sp³-hybridized carbons (Fsp3) is 0.929. The van der Waals surface area contributed by atoms with E-state index in [1.54, 1.807) is 0 Å². The summed E-state index contributed by atoms with van der Waals surface area (Å²) in [6, 6.07) is 0. The Morgan fingerprint density at radius 3 is 1.95 bits per heavy atom. The minimum Gasteiger partial charge on any atom is -0.460 e. The third kappa shape index (κ3) is 4.98. The van der Waals surface area contributed by atoms with Crippen LogP contribution in [0.15, 0.2) is 0 Å². The molecule has 20 heavy (non-hydrogen) atoms. The average molecular weight is 319 g/mol. The van der Waals surface area contributed by atoms with Gasteiger partial charge in [-0.05, 0) is 45.7 Å². The molecule has 6 heteroatoms. The van der Waals surface area contributed by atoms with E-state index in [-0.39, 0.29) is 24.1 Å². The SMILES string of the molecule is CC[C@H]1OC(=O)C(O[Si](C)(C)C)C(O[Si](C)(C)C)[C@@H]1C. The van der Waals surface area contributed by atoms with Crippen LogP contribution in [0.1, 0.15) is 20.3 Å². The summed E-state index contributed by atoms with van der Waals surface area (Å²) in [4.78, 5) is 12.3. The first-order valence-corrected chi connectivity index (χ1v) is 14.3. The van der Waals surface area contributed by atoms with E-state index in [2.05, 4.69) is 46.2 Å². The van der Waals surface area contributed by atoms with Crippen LogP contribution in [0.3, 0.4) is 0 Å². The van der Waals surface area contributed by atoms with Gasteiger partial charge in [-0.15, -0.1) is 0 Å². The van der Waals surface area contributed by atoms with Crippen LogP contribution < -0.4 is 0 Å². The van der Waals surface area contributed by atoms with E-state index in [0.29, 0.717) is 0 Å². The van der Waals surface area contributed by atoms with Gasteiger partial charge < -0.3 is 13.6 Å².